The highest BCUT2D eigenvalue weighted by molar-refractivity contribution is 5.93. The van der Waals surface area contributed by atoms with Crippen molar-refractivity contribution >= 4 is 17.6 Å². The van der Waals surface area contributed by atoms with Crippen molar-refractivity contribution in [1.82, 2.24) is 10.6 Å². The molecule has 0 aliphatic heterocycles. The lowest BCUT2D eigenvalue weighted by Gasteiger charge is -2.22. The Morgan fingerprint density at radius 2 is 1.65 bits per heavy atom. The first kappa shape index (κ1) is 19.4. The zero-order chi connectivity index (χ0) is 18.9. The summed E-state index contributed by atoms with van der Waals surface area (Å²) in [5, 5.41) is 8.23. The normalized spacial score (nSPS) is 11.7. The van der Waals surface area contributed by atoms with Crippen molar-refractivity contribution in [3.63, 3.8) is 0 Å². The zero-order valence-electron chi connectivity index (χ0n) is 15.0. The molecule has 0 radical (unpaired) electrons. The minimum absolute atomic E-state index is 0.0673. The lowest BCUT2D eigenvalue weighted by molar-refractivity contribution is -0.123. The van der Waals surface area contributed by atoms with Crippen molar-refractivity contribution in [1.29, 1.82) is 0 Å². The Kier molecular flexibility index (Phi) is 7.14. The number of hydrogen-bond acceptors (Lipinski definition) is 2. The molecule has 138 valence electrons. The van der Waals surface area contributed by atoms with Crippen molar-refractivity contribution in [3.05, 3.63) is 66.0 Å². The lowest BCUT2D eigenvalue weighted by Crippen LogP contribution is -2.51. The summed E-state index contributed by atoms with van der Waals surface area (Å²) in [4.78, 5) is 24.5. The molecule has 0 saturated carbocycles. The van der Waals surface area contributed by atoms with E-state index in [1.807, 2.05) is 32.0 Å². The molecule has 0 fully saturated rings. The summed E-state index contributed by atoms with van der Waals surface area (Å²) < 4.78 is 12.9. The second-order valence-electron chi connectivity index (χ2n) is 6.35. The Morgan fingerprint density at radius 1 is 1.00 bits per heavy atom. The molecule has 2 aromatic rings. The third kappa shape index (κ3) is 6.20. The van der Waals surface area contributed by atoms with Crippen LogP contribution in [-0.4, -0.2) is 24.5 Å². The van der Waals surface area contributed by atoms with Gasteiger partial charge in [0.05, 0.1) is 0 Å². The standard InChI is InChI=1S/C20H24FN3O2/c1-14(2)18(24-20(26)23-17-6-4-3-5-7-17)19(25)22-13-12-15-8-10-16(21)11-9-15/h3-11,14,18H,12-13H2,1-2H3,(H,22,25)(H2,23,24,26). The first-order chi connectivity index (χ1) is 12.5. The number of anilines is 1. The molecule has 0 aliphatic rings. The van der Waals surface area contributed by atoms with E-state index in [2.05, 4.69) is 16.0 Å². The highest BCUT2D eigenvalue weighted by Crippen LogP contribution is 2.07. The van der Waals surface area contributed by atoms with E-state index >= 15 is 0 Å². The van der Waals surface area contributed by atoms with E-state index in [0.29, 0.717) is 18.7 Å². The molecule has 3 N–H and O–H groups in total. The van der Waals surface area contributed by atoms with Crippen LogP contribution in [0.3, 0.4) is 0 Å². The Hall–Kier alpha value is -2.89. The average Bonchev–Trinajstić information content (AvgIpc) is 2.62. The van der Waals surface area contributed by atoms with Gasteiger partial charge < -0.3 is 16.0 Å². The molecule has 0 spiro atoms. The third-order valence-electron chi connectivity index (χ3n) is 3.89. The lowest BCUT2D eigenvalue weighted by atomic mass is 10.0. The van der Waals surface area contributed by atoms with Gasteiger partial charge >= 0.3 is 6.03 Å². The van der Waals surface area contributed by atoms with Crippen molar-refractivity contribution in [2.45, 2.75) is 26.3 Å². The van der Waals surface area contributed by atoms with Gasteiger partial charge in [-0.25, -0.2) is 9.18 Å². The molecule has 1 atom stereocenters. The van der Waals surface area contributed by atoms with Gasteiger partial charge in [-0.05, 0) is 42.2 Å². The fraction of sp³-hybridized carbons (Fsp3) is 0.300. The van der Waals surface area contributed by atoms with E-state index < -0.39 is 12.1 Å². The number of benzene rings is 2. The summed E-state index contributed by atoms with van der Waals surface area (Å²) in [7, 11) is 0. The predicted molar refractivity (Wildman–Crippen MR) is 100 cm³/mol. The van der Waals surface area contributed by atoms with Gasteiger partial charge in [0.2, 0.25) is 5.91 Å². The molecule has 0 bridgehead atoms. The van der Waals surface area contributed by atoms with E-state index in [1.54, 1.807) is 24.3 Å². The first-order valence-corrected chi connectivity index (χ1v) is 8.60. The molecule has 0 saturated heterocycles. The van der Waals surface area contributed by atoms with Gasteiger partial charge in [0.25, 0.3) is 0 Å². The van der Waals surface area contributed by atoms with Crippen LogP contribution in [0.25, 0.3) is 0 Å². The van der Waals surface area contributed by atoms with Crippen LogP contribution in [0.15, 0.2) is 54.6 Å². The molecule has 5 nitrogen and oxygen atoms in total. The minimum Gasteiger partial charge on any atom is -0.354 e. The van der Waals surface area contributed by atoms with Crippen LogP contribution < -0.4 is 16.0 Å². The number of amides is 3. The quantitative estimate of drug-likeness (QED) is 0.711. The van der Waals surface area contributed by atoms with E-state index in [9.17, 15) is 14.0 Å². The predicted octanol–water partition coefficient (Wildman–Crippen LogP) is 3.33. The number of urea groups is 1. The van der Waals surface area contributed by atoms with Gasteiger partial charge in [-0.3, -0.25) is 4.79 Å². The summed E-state index contributed by atoms with van der Waals surface area (Å²) >= 11 is 0. The average molecular weight is 357 g/mol. The molecule has 0 heterocycles. The second kappa shape index (κ2) is 9.56. The smallest absolute Gasteiger partial charge is 0.319 e. The van der Waals surface area contributed by atoms with Crippen molar-refractivity contribution in [3.8, 4) is 0 Å². The highest BCUT2D eigenvalue weighted by Gasteiger charge is 2.23. The fourth-order valence-electron chi connectivity index (χ4n) is 2.46. The Balaban J connectivity index is 1.84. The monoisotopic (exact) mass is 357 g/mol. The fourth-order valence-corrected chi connectivity index (χ4v) is 2.46. The summed E-state index contributed by atoms with van der Waals surface area (Å²) in [5.41, 5.74) is 1.59. The molecular formula is C20H24FN3O2. The summed E-state index contributed by atoms with van der Waals surface area (Å²) in [6, 6.07) is 14.1. The van der Waals surface area contributed by atoms with E-state index in [4.69, 9.17) is 0 Å². The Labute approximate surface area is 153 Å². The minimum atomic E-state index is -0.646. The summed E-state index contributed by atoms with van der Waals surface area (Å²) in [6.07, 6.45) is 0.590. The van der Waals surface area contributed by atoms with Gasteiger partial charge in [-0.1, -0.05) is 44.2 Å². The van der Waals surface area contributed by atoms with Gasteiger partial charge in [0, 0.05) is 12.2 Å². The van der Waals surface area contributed by atoms with Crippen LogP contribution in [0.1, 0.15) is 19.4 Å². The molecular weight excluding hydrogens is 333 g/mol. The number of nitrogens with one attached hydrogen (secondary N) is 3. The summed E-state index contributed by atoms with van der Waals surface area (Å²) in [6.45, 7) is 4.15. The first-order valence-electron chi connectivity index (χ1n) is 8.60. The maximum Gasteiger partial charge on any atom is 0.319 e. The van der Waals surface area contributed by atoms with E-state index in [0.717, 1.165) is 5.56 Å². The number of para-hydroxylation sites is 1. The Bertz CT molecular complexity index is 718. The SMILES string of the molecule is CC(C)C(NC(=O)Nc1ccccc1)C(=O)NCCc1ccc(F)cc1. The van der Waals surface area contributed by atoms with Crippen LogP contribution in [0.2, 0.25) is 0 Å². The molecule has 0 aromatic heterocycles. The van der Waals surface area contributed by atoms with Crippen LogP contribution >= 0.6 is 0 Å². The van der Waals surface area contributed by atoms with Gasteiger partial charge in [0.15, 0.2) is 0 Å². The largest absolute Gasteiger partial charge is 0.354 e. The number of hydrogen-bond donors (Lipinski definition) is 3. The van der Waals surface area contributed by atoms with Crippen LogP contribution in [0, 0.1) is 11.7 Å². The van der Waals surface area contributed by atoms with Crippen molar-refractivity contribution in [2.75, 3.05) is 11.9 Å². The molecule has 26 heavy (non-hydrogen) atoms. The van der Waals surface area contributed by atoms with Crippen molar-refractivity contribution in [2.24, 2.45) is 5.92 Å². The van der Waals surface area contributed by atoms with Crippen molar-refractivity contribution < 1.29 is 14.0 Å². The number of rotatable bonds is 7. The number of halogens is 1. The van der Waals surface area contributed by atoms with Crippen LogP contribution in [0.5, 0.6) is 0 Å². The Morgan fingerprint density at radius 3 is 2.27 bits per heavy atom. The second-order valence-corrected chi connectivity index (χ2v) is 6.35. The van der Waals surface area contributed by atoms with E-state index in [1.165, 1.54) is 12.1 Å². The summed E-state index contributed by atoms with van der Waals surface area (Å²) in [5.74, 6) is -0.598. The highest BCUT2D eigenvalue weighted by atomic mass is 19.1. The maximum absolute atomic E-state index is 12.9. The third-order valence-corrected chi connectivity index (χ3v) is 3.89. The molecule has 3 amide bonds. The number of carbonyl (C=O) groups is 2. The molecule has 2 rings (SSSR count). The van der Waals surface area contributed by atoms with Gasteiger partial charge in [-0.15, -0.1) is 0 Å². The van der Waals surface area contributed by atoms with Crippen LogP contribution in [-0.2, 0) is 11.2 Å². The van der Waals surface area contributed by atoms with Gasteiger partial charge in [-0.2, -0.15) is 0 Å². The number of carbonyl (C=O) groups excluding carboxylic acids is 2. The topological polar surface area (TPSA) is 70.2 Å². The zero-order valence-corrected chi connectivity index (χ0v) is 15.0. The van der Waals surface area contributed by atoms with Crippen LogP contribution in [0.4, 0.5) is 14.9 Å². The molecule has 6 heteroatoms. The molecule has 2 aromatic carbocycles. The molecule has 0 aliphatic carbocycles. The van der Waals surface area contributed by atoms with E-state index in [-0.39, 0.29) is 17.6 Å². The maximum atomic E-state index is 12.9. The molecule has 1 unspecified atom stereocenters. The van der Waals surface area contributed by atoms with Gasteiger partial charge in [0.1, 0.15) is 11.9 Å².